The van der Waals surface area contributed by atoms with Crippen LogP contribution < -0.4 is 10.5 Å². The van der Waals surface area contributed by atoms with Crippen molar-refractivity contribution in [2.24, 2.45) is 5.73 Å². The van der Waals surface area contributed by atoms with Crippen LogP contribution in [0.25, 0.3) is 0 Å². The molecule has 0 saturated carbocycles. The molecule has 0 bridgehead atoms. The van der Waals surface area contributed by atoms with Crippen LogP contribution in [0.4, 0.5) is 0 Å². The van der Waals surface area contributed by atoms with Gasteiger partial charge in [-0.05, 0) is 42.3 Å². The van der Waals surface area contributed by atoms with Gasteiger partial charge in [0.2, 0.25) is 0 Å². The first-order valence-corrected chi connectivity index (χ1v) is 6.74. The summed E-state index contributed by atoms with van der Waals surface area (Å²) in [5.74, 6) is 0.644. The lowest BCUT2D eigenvalue weighted by Crippen LogP contribution is -2.05. The third-order valence-corrected chi connectivity index (χ3v) is 3.30. The normalized spacial score (nSPS) is 12.2. The van der Waals surface area contributed by atoms with Gasteiger partial charge in [-0.25, -0.2) is 0 Å². The summed E-state index contributed by atoms with van der Waals surface area (Å²) in [6.45, 7) is 2.34. The van der Waals surface area contributed by atoms with E-state index in [-0.39, 0.29) is 6.04 Å². The Hall–Kier alpha value is -1.22. The maximum absolute atomic E-state index is 6.16. The predicted molar refractivity (Wildman–Crippen MR) is 79.8 cm³/mol. The number of benzene rings is 2. The maximum Gasteiger partial charge on any atom is 0.138 e. The van der Waals surface area contributed by atoms with Crippen molar-refractivity contribution in [2.75, 3.05) is 0 Å². The molecule has 0 radical (unpaired) electrons. The van der Waals surface area contributed by atoms with Crippen molar-refractivity contribution >= 4 is 23.2 Å². The van der Waals surface area contributed by atoms with Crippen molar-refractivity contribution in [3.05, 3.63) is 63.6 Å². The fourth-order valence-corrected chi connectivity index (χ4v) is 2.16. The second-order valence-electron chi connectivity index (χ2n) is 4.40. The van der Waals surface area contributed by atoms with Gasteiger partial charge in [0.25, 0.3) is 0 Å². The van der Waals surface area contributed by atoms with Gasteiger partial charge < -0.3 is 10.5 Å². The number of rotatable bonds is 4. The van der Waals surface area contributed by atoms with Crippen LogP contribution in [0.3, 0.4) is 0 Å². The molecule has 0 fully saturated rings. The van der Waals surface area contributed by atoms with E-state index in [4.69, 9.17) is 33.7 Å². The zero-order valence-corrected chi connectivity index (χ0v) is 12.1. The number of hydrogen-bond donors (Lipinski definition) is 1. The van der Waals surface area contributed by atoms with Crippen molar-refractivity contribution in [1.82, 2.24) is 0 Å². The van der Waals surface area contributed by atoms with Crippen LogP contribution in [0.5, 0.6) is 5.75 Å². The quantitative estimate of drug-likeness (QED) is 0.895. The molecule has 4 heteroatoms. The van der Waals surface area contributed by atoms with Crippen LogP contribution in [-0.4, -0.2) is 0 Å². The van der Waals surface area contributed by atoms with Crippen LogP contribution in [0.2, 0.25) is 10.0 Å². The first kappa shape index (κ1) is 14.2. The highest BCUT2D eigenvalue weighted by molar-refractivity contribution is 6.32. The van der Waals surface area contributed by atoms with Gasteiger partial charge in [-0.2, -0.15) is 0 Å². The number of nitrogens with two attached hydrogens (primary N) is 1. The minimum atomic E-state index is -0.0421. The minimum absolute atomic E-state index is 0.0421. The number of hydrogen-bond acceptors (Lipinski definition) is 2. The Balaban J connectivity index is 2.07. The van der Waals surface area contributed by atoms with Gasteiger partial charge in [-0.3, -0.25) is 0 Å². The smallest absolute Gasteiger partial charge is 0.138 e. The van der Waals surface area contributed by atoms with Crippen molar-refractivity contribution < 1.29 is 4.74 Å². The average molecular weight is 296 g/mol. The second kappa shape index (κ2) is 6.29. The fraction of sp³-hybridized carbons (Fsp3) is 0.200. The molecule has 19 heavy (non-hydrogen) atoms. The molecule has 0 amide bonds. The van der Waals surface area contributed by atoms with Gasteiger partial charge in [0.15, 0.2) is 0 Å². The van der Waals surface area contributed by atoms with E-state index in [0.717, 1.165) is 11.1 Å². The summed E-state index contributed by atoms with van der Waals surface area (Å²) < 4.78 is 5.68. The Labute approximate surface area is 123 Å². The van der Waals surface area contributed by atoms with E-state index in [1.807, 2.05) is 49.4 Å². The SMILES string of the molecule is C[C@@H](N)c1ccc(OCc2cccc(Cl)c2)c(Cl)c1. The van der Waals surface area contributed by atoms with E-state index in [0.29, 0.717) is 22.4 Å². The Morgan fingerprint density at radius 3 is 2.58 bits per heavy atom. The van der Waals surface area contributed by atoms with Gasteiger partial charge in [-0.15, -0.1) is 0 Å². The lowest BCUT2D eigenvalue weighted by atomic mass is 10.1. The maximum atomic E-state index is 6.16. The molecule has 100 valence electrons. The molecule has 1 atom stereocenters. The van der Waals surface area contributed by atoms with E-state index >= 15 is 0 Å². The molecule has 0 aliphatic carbocycles. The Morgan fingerprint density at radius 1 is 1.16 bits per heavy atom. The molecule has 0 spiro atoms. The highest BCUT2D eigenvalue weighted by Crippen LogP contribution is 2.28. The van der Waals surface area contributed by atoms with Gasteiger partial charge in [0.05, 0.1) is 5.02 Å². The fourth-order valence-electron chi connectivity index (χ4n) is 1.71. The molecule has 2 nitrogen and oxygen atoms in total. The van der Waals surface area contributed by atoms with E-state index < -0.39 is 0 Å². The summed E-state index contributed by atoms with van der Waals surface area (Å²) in [6, 6.07) is 13.1. The van der Waals surface area contributed by atoms with Crippen LogP contribution >= 0.6 is 23.2 Å². The van der Waals surface area contributed by atoms with Crippen LogP contribution in [0, 0.1) is 0 Å². The predicted octanol–water partition coefficient (Wildman–Crippen LogP) is 4.59. The molecule has 2 N–H and O–H groups in total. The van der Waals surface area contributed by atoms with E-state index in [1.54, 1.807) is 0 Å². The van der Waals surface area contributed by atoms with Gasteiger partial charge in [0.1, 0.15) is 12.4 Å². The standard InChI is InChI=1S/C15H15Cl2NO/c1-10(18)12-5-6-15(14(17)8-12)19-9-11-3-2-4-13(16)7-11/h2-8,10H,9,18H2,1H3/t10-/m1/s1. The highest BCUT2D eigenvalue weighted by atomic mass is 35.5. The van der Waals surface area contributed by atoms with Crippen molar-refractivity contribution in [1.29, 1.82) is 0 Å². The molecule has 2 aromatic rings. The molecule has 0 saturated heterocycles. The summed E-state index contributed by atoms with van der Waals surface area (Å²) in [5, 5.41) is 1.26. The van der Waals surface area contributed by atoms with Crippen molar-refractivity contribution in [3.8, 4) is 5.75 Å². The van der Waals surface area contributed by atoms with Crippen LogP contribution in [-0.2, 0) is 6.61 Å². The minimum Gasteiger partial charge on any atom is -0.487 e. The van der Waals surface area contributed by atoms with Crippen molar-refractivity contribution in [3.63, 3.8) is 0 Å². The molecule has 0 aliphatic rings. The Morgan fingerprint density at radius 2 is 1.95 bits per heavy atom. The number of halogens is 2. The van der Waals surface area contributed by atoms with E-state index in [2.05, 4.69) is 0 Å². The molecular weight excluding hydrogens is 281 g/mol. The molecular formula is C15H15Cl2NO. The third-order valence-electron chi connectivity index (χ3n) is 2.77. The number of ether oxygens (including phenoxy) is 1. The lowest BCUT2D eigenvalue weighted by molar-refractivity contribution is 0.306. The molecule has 2 rings (SSSR count). The van der Waals surface area contributed by atoms with Crippen LogP contribution in [0.1, 0.15) is 24.1 Å². The summed E-state index contributed by atoms with van der Waals surface area (Å²) >= 11 is 12.1. The zero-order valence-electron chi connectivity index (χ0n) is 10.6. The van der Waals surface area contributed by atoms with E-state index in [9.17, 15) is 0 Å². The largest absolute Gasteiger partial charge is 0.487 e. The Bertz CT molecular complexity index is 570. The van der Waals surface area contributed by atoms with Gasteiger partial charge in [-0.1, -0.05) is 41.4 Å². The first-order chi connectivity index (χ1) is 9.06. The van der Waals surface area contributed by atoms with Gasteiger partial charge >= 0.3 is 0 Å². The summed E-state index contributed by atoms with van der Waals surface area (Å²) in [5.41, 5.74) is 7.79. The Kier molecular flexibility index (Phi) is 4.70. The summed E-state index contributed by atoms with van der Waals surface area (Å²) in [7, 11) is 0. The molecule has 0 aromatic heterocycles. The highest BCUT2D eigenvalue weighted by Gasteiger charge is 2.06. The first-order valence-electron chi connectivity index (χ1n) is 5.98. The topological polar surface area (TPSA) is 35.2 Å². The van der Waals surface area contributed by atoms with Crippen LogP contribution in [0.15, 0.2) is 42.5 Å². The summed E-state index contributed by atoms with van der Waals surface area (Å²) in [6.07, 6.45) is 0. The molecule has 0 aliphatic heterocycles. The second-order valence-corrected chi connectivity index (χ2v) is 5.24. The average Bonchev–Trinajstić information content (AvgIpc) is 2.37. The zero-order chi connectivity index (χ0) is 13.8. The third kappa shape index (κ3) is 3.87. The van der Waals surface area contributed by atoms with E-state index in [1.165, 1.54) is 0 Å². The molecule has 2 aromatic carbocycles. The summed E-state index contributed by atoms with van der Waals surface area (Å²) in [4.78, 5) is 0. The van der Waals surface area contributed by atoms with Crippen molar-refractivity contribution in [2.45, 2.75) is 19.6 Å². The lowest BCUT2D eigenvalue weighted by Gasteiger charge is -2.11. The monoisotopic (exact) mass is 295 g/mol. The molecule has 0 heterocycles. The van der Waals surface area contributed by atoms with Gasteiger partial charge in [0, 0.05) is 11.1 Å². The molecule has 0 unspecified atom stereocenters.